The molecule has 0 saturated heterocycles. The van der Waals surface area contributed by atoms with Crippen molar-refractivity contribution in [3.8, 4) is 0 Å². The number of halogens is 2. The van der Waals surface area contributed by atoms with Gasteiger partial charge in [0, 0.05) is 11.4 Å². The predicted molar refractivity (Wildman–Crippen MR) is 64.0 cm³/mol. The van der Waals surface area contributed by atoms with Crippen LogP contribution in [0, 0.1) is 0 Å². The summed E-state index contributed by atoms with van der Waals surface area (Å²) in [7, 11) is 4.14. The van der Waals surface area contributed by atoms with E-state index in [2.05, 4.69) is 14.1 Å². The average molecular weight is 278 g/mol. The third-order valence-corrected chi connectivity index (χ3v) is 2.35. The van der Waals surface area contributed by atoms with Crippen molar-refractivity contribution in [3.63, 3.8) is 0 Å². The summed E-state index contributed by atoms with van der Waals surface area (Å²) in [6.45, 7) is 1.44. The van der Waals surface area contributed by atoms with Gasteiger partial charge >= 0.3 is 5.97 Å². The number of benzene rings is 1. The van der Waals surface area contributed by atoms with Crippen molar-refractivity contribution in [2.45, 2.75) is 6.42 Å². The van der Waals surface area contributed by atoms with E-state index in [1.54, 1.807) is 24.3 Å². The van der Waals surface area contributed by atoms with Crippen LogP contribution in [0.3, 0.4) is 0 Å². The summed E-state index contributed by atoms with van der Waals surface area (Å²) in [4.78, 5) is 12.9. The monoisotopic (exact) mass is 277 g/mol. The Balaban J connectivity index is 0.00000256. The van der Waals surface area contributed by atoms with Gasteiger partial charge < -0.3 is 22.0 Å². The van der Waals surface area contributed by atoms with E-state index in [1.165, 1.54) is 4.90 Å². The summed E-state index contributed by atoms with van der Waals surface area (Å²) in [5, 5.41) is 0.548. The fourth-order valence-electron chi connectivity index (χ4n) is 1.29. The highest BCUT2D eigenvalue weighted by atomic mass is 35.5. The third-order valence-electron chi connectivity index (χ3n) is 2.11. The molecule has 0 aromatic heterocycles. The zero-order valence-electron chi connectivity index (χ0n) is 10.0. The van der Waals surface area contributed by atoms with E-state index in [9.17, 15) is 4.79 Å². The minimum atomic E-state index is -0.309. The standard InChI is InChI=1S/C12H16ClNO2.ClH/c1-14(2)7-4-8-16-12(15)10-5-3-6-11(13)9-10;/h3,5-6,9H,4,7-8H2,1-2H3;1H. The number of hydrogen-bond donors (Lipinski definition) is 1. The van der Waals surface area contributed by atoms with Crippen molar-refractivity contribution in [2.75, 3.05) is 27.2 Å². The molecule has 0 aliphatic carbocycles. The maximum atomic E-state index is 11.6. The molecule has 0 aliphatic heterocycles. The van der Waals surface area contributed by atoms with Crippen LogP contribution in [-0.2, 0) is 4.74 Å². The Morgan fingerprint density at radius 2 is 2.12 bits per heavy atom. The predicted octanol–water partition coefficient (Wildman–Crippen LogP) is -1.96. The van der Waals surface area contributed by atoms with Gasteiger partial charge in [-0.25, -0.2) is 4.79 Å². The number of carbonyl (C=O) groups is 1. The molecule has 0 heterocycles. The lowest BCUT2D eigenvalue weighted by Gasteiger charge is -2.07. The molecule has 5 heteroatoms. The van der Waals surface area contributed by atoms with Gasteiger partial charge in [-0.1, -0.05) is 17.7 Å². The van der Waals surface area contributed by atoms with E-state index in [0.717, 1.165) is 13.0 Å². The van der Waals surface area contributed by atoms with Crippen LogP contribution in [0.2, 0.25) is 5.02 Å². The molecule has 1 aromatic rings. The van der Waals surface area contributed by atoms with Crippen LogP contribution in [0.5, 0.6) is 0 Å². The lowest BCUT2D eigenvalue weighted by Crippen LogP contribution is -3.05. The number of ether oxygens (including phenoxy) is 1. The van der Waals surface area contributed by atoms with Crippen LogP contribution in [0.4, 0.5) is 0 Å². The van der Waals surface area contributed by atoms with E-state index in [4.69, 9.17) is 16.3 Å². The van der Waals surface area contributed by atoms with Crippen molar-refractivity contribution < 1.29 is 26.8 Å². The first-order valence-electron chi connectivity index (χ1n) is 5.31. The highest BCUT2D eigenvalue weighted by Crippen LogP contribution is 2.11. The SMILES string of the molecule is C[NH+](C)CCCOC(=O)c1cccc(Cl)c1.[Cl-]. The molecule has 0 saturated carbocycles. The first kappa shape index (κ1) is 16.2. The Morgan fingerprint density at radius 3 is 2.71 bits per heavy atom. The second-order valence-corrected chi connectivity index (χ2v) is 4.39. The summed E-state index contributed by atoms with van der Waals surface area (Å²) in [5.74, 6) is -0.309. The summed E-state index contributed by atoms with van der Waals surface area (Å²) in [6.07, 6.45) is 0.870. The molecule has 17 heavy (non-hydrogen) atoms. The molecule has 0 unspecified atom stereocenters. The molecular weight excluding hydrogens is 261 g/mol. The molecular formula is C12H17Cl2NO2. The second-order valence-electron chi connectivity index (χ2n) is 3.96. The van der Waals surface area contributed by atoms with Crippen LogP contribution < -0.4 is 17.3 Å². The van der Waals surface area contributed by atoms with Crippen LogP contribution in [-0.4, -0.2) is 33.2 Å². The molecule has 0 amide bonds. The van der Waals surface area contributed by atoms with E-state index in [-0.39, 0.29) is 18.4 Å². The van der Waals surface area contributed by atoms with Crippen LogP contribution in [0.25, 0.3) is 0 Å². The van der Waals surface area contributed by atoms with Gasteiger partial charge in [0.15, 0.2) is 0 Å². The van der Waals surface area contributed by atoms with Gasteiger partial charge in [0.1, 0.15) is 0 Å². The lowest BCUT2D eigenvalue weighted by atomic mass is 10.2. The molecule has 0 radical (unpaired) electrons. The summed E-state index contributed by atoms with van der Waals surface area (Å²) < 4.78 is 5.12. The maximum Gasteiger partial charge on any atom is 0.338 e. The highest BCUT2D eigenvalue weighted by molar-refractivity contribution is 6.30. The fraction of sp³-hybridized carbons (Fsp3) is 0.417. The molecule has 1 aromatic carbocycles. The van der Waals surface area contributed by atoms with Gasteiger partial charge in [0.25, 0.3) is 0 Å². The lowest BCUT2D eigenvalue weighted by molar-refractivity contribution is -0.858. The molecule has 3 nitrogen and oxygen atoms in total. The minimum absolute atomic E-state index is 0. The Labute approximate surface area is 113 Å². The smallest absolute Gasteiger partial charge is 0.338 e. The van der Waals surface area contributed by atoms with Gasteiger partial charge in [-0.2, -0.15) is 0 Å². The highest BCUT2D eigenvalue weighted by Gasteiger charge is 2.07. The number of hydrogen-bond acceptors (Lipinski definition) is 2. The quantitative estimate of drug-likeness (QED) is 0.501. The largest absolute Gasteiger partial charge is 1.00 e. The number of esters is 1. The van der Waals surface area contributed by atoms with Crippen LogP contribution in [0.1, 0.15) is 16.8 Å². The maximum absolute atomic E-state index is 11.6. The molecule has 0 atom stereocenters. The molecule has 0 fully saturated rings. The summed E-state index contributed by atoms with van der Waals surface area (Å²) in [6, 6.07) is 6.78. The van der Waals surface area contributed by atoms with Gasteiger partial charge in [-0.3, -0.25) is 0 Å². The number of rotatable bonds is 5. The zero-order chi connectivity index (χ0) is 12.0. The topological polar surface area (TPSA) is 30.7 Å². The molecule has 0 spiro atoms. The zero-order valence-corrected chi connectivity index (χ0v) is 11.5. The van der Waals surface area contributed by atoms with Crippen molar-refractivity contribution in [3.05, 3.63) is 34.9 Å². The van der Waals surface area contributed by atoms with Crippen molar-refractivity contribution in [2.24, 2.45) is 0 Å². The number of quaternary nitrogens is 1. The Morgan fingerprint density at radius 1 is 1.41 bits per heavy atom. The Hall–Kier alpha value is -0.770. The molecule has 0 bridgehead atoms. The number of nitrogens with one attached hydrogen (secondary N) is 1. The minimum Gasteiger partial charge on any atom is -1.00 e. The van der Waals surface area contributed by atoms with Gasteiger partial charge in [0.05, 0.1) is 32.8 Å². The van der Waals surface area contributed by atoms with Crippen LogP contribution >= 0.6 is 11.6 Å². The van der Waals surface area contributed by atoms with Crippen molar-refractivity contribution in [1.82, 2.24) is 0 Å². The molecule has 0 aliphatic rings. The second kappa shape index (κ2) is 8.34. The fourth-order valence-corrected chi connectivity index (χ4v) is 1.48. The van der Waals surface area contributed by atoms with Gasteiger partial charge in [-0.15, -0.1) is 0 Å². The first-order valence-corrected chi connectivity index (χ1v) is 5.69. The van der Waals surface area contributed by atoms with E-state index >= 15 is 0 Å². The molecule has 1 rings (SSSR count). The van der Waals surface area contributed by atoms with Gasteiger partial charge in [0.2, 0.25) is 0 Å². The van der Waals surface area contributed by atoms with Crippen molar-refractivity contribution in [1.29, 1.82) is 0 Å². The summed E-state index contributed by atoms with van der Waals surface area (Å²) in [5.41, 5.74) is 0.504. The van der Waals surface area contributed by atoms with Crippen LogP contribution in [0.15, 0.2) is 24.3 Å². The normalized spacial score (nSPS) is 9.88. The molecule has 96 valence electrons. The molecule has 1 N–H and O–H groups in total. The third kappa shape index (κ3) is 6.51. The average Bonchev–Trinajstić information content (AvgIpc) is 2.24. The van der Waals surface area contributed by atoms with Crippen molar-refractivity contribution >= 4 is 17.6 Å². The van der Waals surface area contributed by atoms with E-state index < -0.39 is 0 Å². The Bertz CT molecular complexity index is 356. The first-order chi connectivity index (χ1) is 7.59. The Kier molecular flexibility index (Phi) is 7.96. The summed E-state index contributed by atoms with van der Waals surface area (Å²) >= 11 is 5.78. The van der Waals surface area contributed by atoms with E-state index in [1.807, 2.05) is 0 Å². The number of carbonyl (C=O) groups excluding carboxylic acids is 1. The van der Waals surface area contributed by atoms with E-state index in [0.29, 0.717) is 17.2 Å². The van der Waals surface area contributed by atoms with Gasteiger partial charge in [-0.05, 0) is 18.2 Å².